The maximum absolute atomic E-state index is 11.0. The highest BCUT2D eigenvalue weighted by Crippen LogP contribution is 2.14. The molecule has 0 bridgehead atoms. The fourth-order valence-electron chi connectivity index (χ4n) is 1.76. The van der Waals surface area contributed by atoms with Crippen molar-refractivity contribution in [3.05, 3.63) is 41.2 Å². The van der Waals surface area contributed by atoms with E-state index in [-0.39, 0.29) is 5.69 Å². The van der Waals surface area contributed by atoms with Crippen LogP contribution in [0.25, 0.3) is 5.69 Å². The van der Waals surface area contributed by atoms with Crippen LogP contribution in [0.1, 0.15) is 33.5 Å². The fourth-order valence-corrected chi connectivity index (χ4v) is 1.76. The lowest BCUT2D eigenvalue weighted by molar-refractivity contribution is 0.0689. The number of rotatable bonds is 4. The minimum absolute atomic E-state index is 0.0681. The molecule has 2 rings (SSSR count). The summed E-state index contributed by atoms with van der Waals surface area (Å²) in [7, 11) is 0. The quantitative estimate of drug-likeness (QED) is 0.837. The van der Waals surface area contributed by atoms with Crippen LogP contribution in [0.15, 0.2) is 24.3 Å². The zero-order valence-corrected chi connectivity index (χ0v) is 10.2. The largest absolute Gasteiger partial charge is 0.476 e. The Morgan fingerprint density at radius 3 is 2.42 bits per heavy atom. The van der Waals surface area contributed by atoms with Crippen molar-refractivity contribution in [2.45, 2.75) is 13.3 Å². The number of carbonyl (C=O) groups is 2. The van der Waals surface area contributed by atoms with Crippen LogP contribution in [0.2, 0.25) is 0 Å². The van der Waals surface area contributed by atoms with Gasteiger partial charge < -0.3 is 10.8 Å². The summed E-state index contributed by atoms with van der Waals surface area (Å²) < 4.78 is 1.44. The van der Waals surface area contributed by atoms with Gasteiger partial charge in [-0.1, -0.05) is 12.1 Å². The molecule has 2 aromatic rings. The summed E-state index contributed by atoms with van der Waals surface area (Å²) in [5.74, 6) is -1.64. The second kappa shape index (κ2) is 4.89. The lowest BCUT2D eigenvalue weighted by Crippen LogP contribution is -2.11. The summed E-state index contributed by atoms with van der Waals surface area (Å²) >= 11 is 0. The van der Waals surface area contributed by atoms with Gasteiger partial charge in [-0.15, -0.1) is 5.10 Å². The average Bonchev–Trinajstić information content (AvgIpc) is 2.82. The first kappa shape index (κ1) is 12.7. The van der Waals surface area contributed by atoms with Crippen molar-refractivity contribution in [1.82, 2.24) is 15.0 Å². The van der Waals surface area contributed by atoms with Gasteiger partial charge in [0.25, 0.3) is 0 Å². The first-order valence-corrected chi connectivity index (χ1v) is 5.62. The molecule has 1 aromatic heterocycles. The third kappa shape index (κ3) is 2.30. The Balaban J connectivity index is 2.47. The first-order valence-electron chi connectivity index (χ1n) is 5.62. The van der Waals surface area contributed by atoms with Crippen LogP contribution >= 0.6 is 0 Å². The van der Waals surface area contributed by atoms with Gasteiger partial charge in [0, 0.05) is 5.56 Å². The van der Waals surface area contributed by atoms with E-state index < -0.39 is 11.9 Å². The van der Waals surface area contributed by atoms with Crippen molar-refractivity contribution in [3.63, 3.8) is 0 Å². The van der Waals surface area contributed by atoms with Crippen molar-refractivity contribution in [1.29, 1.82) is 0 Å². The maximum atomic E-state index is 11.0. The predicted molar refractivity (Wildman–Crippen MR) is 66.2 cm³/mol. The molecule has 0 radical (unpaired) electrons. The van der Waals surface area contributed by atoms with E-state index in [0.717, 1.165) is 0 Å². The van der Waals surface area contributed by atoms with Crippen LogP contribution in [0.5, 0.6) is 0 Å². The first-order chi connectivity index (χ1) is 9.04. The summed E-state index contributed by atoms with van der Waals surface area (Å²) in [4.78, 5) is 22.0. The van der Waals surface area contributed by atoms with Crippen LogP contribution < -0.4 is 5.73 Å². The zero-order chi connectivity index (χ0) is 14.0. The number of hydrogen-bond donors (Lipinski definition) is 2. The second-order valence-electron chi connectivity index (χ2n) is 3.87. The summed E-state index contributed by atoms with van der Waals surface area (Å²) in [6, 6.07) is 6.39. The van der Waals surface area contributed by atoms with E-state index in [2.05, 4.69) is 10.3 Å². The highest BCUT2D eigenvalue weighted by Gasteiger charge is 2.18. The molecule has 19 heavy (non-hydrogen) atoms. The molecule has 98 valence electrons. The second-order valence-corrected chi connectivity index (χ2v) is 3.87. The molecule has 1 heterocycles. The number of carboxylic acid groups (broad SMARTS) is 1. The van der Waals surface area contributed by atoms with Crippen molar-refractivity contribution >= 4 is 11.9 Å². The van der Waals surface area contributed by atoms with Crippen LogP contribution in [-0.4, -0.2) is 32.0 Å². The van der Waals surface area contributed by atoms with Gasteiger partial charge in [-0.25, -0.2) is 9.48 Å². The molecule has 1 amide bonds. The minimum Gasteiger partial charge on any atom is -0.476 e. The van der Waals surface area contributed by atoms with E-state index in [1.807, 2.05) is 6.92 Å². The normalized spacial score (nSPS) is 10.4. The Morgan fingerprint density at radius 1 is 1.32 bits per heavy atom. The molecule has 1 aromatic carbocycles. The third-order valence-electron chi connectivity index (χ3n) is 2.70. The Kier molecular flexibility index (Phi) is 3.28. The van der Waals surface area contributed by atoms with Crippen LogP contribution in [-0.2, 0) is 6.42 Å². The van der Waals surface area contributed by atoms with Crippen LogP contribution in [0, 0.1) is 0 Å². The summed E-state index contributed by atoms with van der Waals surface area (Å²) in [6.45, 7) is 1.82. The number of nitrogens with zero attached hydrogens (tertiary/aromatic N) is 3. The van der Waals surface area contributed by atoms with E-state index in [4.69, 9.17) is 10.8 Å². The van der Waals surface area contributed by atoms with Gasteiger partial charge in [-0.2, -0.15) is 0 Å². The molecule has 0 saturated heterocycles. The van der Waals surface area contributed by atoms with Crippen molar-refractivity contribution in [3.8, 4) is 5.69 Å². The molecule has 0 aliphatic carbocycles. The van der Waals surface area contributed by atoms with Gasteiger partial charge in [-0.05, 0) is 30.7 Å². The number of nitrogens with two attached hydrogens (primary N) is 1. The Labute approximate surface area is 108 Å². The standard InChI is InChI=1S/C12H12N4O3/c1-2-9-10(12(18)19)14-15-16(9)8-5-3-7(4-6-8)11(13)17/h3-6H,2H2,1H3,(H2,13,17)(H,18,19). The zero-order valence-electron chi connectivity index (χ0n) is 10.2. The van der Waals surface area contributed by atoms with Gasteiger partial charge in [0.2, 0.25) is 5.91 Å². The molecule has 0 atom stereocenters. The lowest BCUT2D eigenvalue weighted by atomic mass is 10.2. The highest BCUT2D eigenvalue weighted by atomic mass is 16.4. The highest BCUT2D eigenvalue weighted by molar-refractivity contribution is 5.92. The number of benzene rings is 1. The SMILES string of the molecule is CCc1c(C(=O)O)nnn1-c1ccc(C(N)=O)cc1. The Bertz CT molecular complexity index is 631. The lowest BCUT2D eigenvalue weighted by Gasteiger charge is -2.05. The Morgan fingerprint density at radius 2 is 1.95 bits per heavy atom. The average molecular weight is 260 g/mol. The molecule has 0 spiro atoms. The third-order valence-corrected chi connectivity index (χ3v) is 2.70. The number of carboxylic acids is 1. The van der Waals surface area contributed by atoms with E-state index in [1.54, 1.807) is 24.3 Å². The monoisotopic (exact) mass is 260 g/mol. The molecule has 7 heteroatoms. The van der Waals surface area contributed by atoms with Crippen molar-refractivity contribution in [2.75, 3.05) is 0 Å². The van der Waals surface area contributed by atoms with E-state index >= 15 is 0 Å². The smallest absolute Gasteiger partial charge is 0.358 e. The van der Waals surface area contributed by atoms with Gasteiger partial charge >= 0.3 is 5.97 Å². The van der Waals surface area contributed by atoms with E-state index in [1.165, 1.54) is 4.68 Å². The van der Waals surface area contributed by atoms with Crippen molar-refractivity contribution < 1.29 is 14.7 Å². The van der Waals surface area contributed by atoms with Gasteiger partial charge in [0.15, 0.2) is 5.69 Å². The van der Waals surface area contributed by atoms with Crippen LogP contribution in [0.3, 0.4) is 0 Å². The molecular formula is C12H12N4O3. The number of hydrogen-bond acceptors (Lipinski definition) is 4. The number of primary amides is 1. The van der Waals surface area contributed by atoms with Crippen LogP contribution in [0.4, 0.5) is 0 Å². The molecular weight excluding hydrogens is 248 g/mol. The van der Waals surface area contributed by atoms with E-state index in [9.17, 15) is 9.59 Å². The topological polar surface area (TPSA) is 111 Å². The molecule has 0 fully saturated rings. The number of aromatic nitrogens is 3. The molecule has 0 aliphatic rings. The van der Waals surface area contributed by atoms with Crippen molar-refractivity contribution in [2.24, 2.45) is 5.73 Å². The molecule has 0 unspecified atom stereocenters. The Hall–Kier alpha value is -2.70. The van der Waals surface area contributed by atoms with Gasteiger partial charge in [0.1, 0.15) is 0 Å². The molecule has 0 saturated carbocycles. The van der Waals surface area contributed by atoms with Gasteiger partial charge in [0.05, 0.1) is 11.4 Å². The minimum atomic E-state index is -1.11. The molecule has 0 aliphatic heterocycles. The maximum Gasteiger partial charge on any atom is 0.358 e. The predicted octanol–water partition coefficient (Wildman–Crippen LogP) is 0.627. The summed E-state index contributed by atoms with van der Waals surface area (Å²) in [5, 5.41) is 16.5. The number of aromatic carboxylic acids is 1. The van der Waals surface area contributed by atoms with E-state index in [0.29, 0.717) is 23.4 Å². The molecule has 3 N–H and O–H groups in total. The number of carbonyl (C=O) groups excluding carboxylic acids is 1. The summed E-state index contributed by atoms with van der Waals surface area (Å²) in [6.07, 6.45) is 0.478. The summed E-state index contributed by atoms with van der Waals surface area (Å²) in [5.41, 5.74) is 6.58. The van der Waals surface area contributed by atoms with Gasteiger partial charge in [-0.3, -0.25) is 4.79 Å². The number of amides is 1. The fraction of sp³-hybridized carbons (Fsp3) is 0.167. The molecule has 7 nitrogen and oxygen atoms in total.